The van der Waals surface area contributed by atoms with Crippen LogP contribution in [0.2, 0.25) is 5.02 Å². The minimum absolute atomic E-state index is 0.0125. The van der Waals surface area contributed by atoms with Crippen molar-refractivity contribution in [1.82, 2.24) is 0 Å². The molecule has 1 unspecified atom stereocenters. The van der Waals surface area contributed by atoms with Crippen LogP contribution in [-0.4, -0.2) is 11.1 Å². The third-order valence-corrected chi connectivity index (χ3v) is 4.25. The molecule has 0 fully saturated rings. The lowest BCUT2D eigenvalue weighted by Crippen LogP contribution is -2.11. The number of rotatable bonds is 4. The average Bonchev–Trinajstić information content (AvgIpc) is 2.16. The Morgan fingerprint density at radius 1 is 1.38 bits per heavy atom. The summed E-state index contributed by atoms with van der Waals surface area (Å²) in [5.74, 6) is 0.634. The first-order valence-electron chi connectivity index (χ1n) is 5.22. The fraction of sp³-hybridized carbons (Fsp3) is 0.417. The van der Waals surface area contributed by atoms with E-state index >= 15 is 0 Å². The zero-order valence-electron chi connectivity index (χ0n) is 9.75. The molecule has 88 valence electrons. The summed E-state index contributed by atoms with van der Waals surface area (Å²) in [5.41, 5.74) is 6.01. The highest BCUT2D eigenvalue weighted by molar-refractivity contribution is 8.00. The van der Waals surface area contributed by atoms with E-state index in [2.05, 4.69) is 20.8 Å². The van der Waals surface area contributed by atoms with Gasteiger partial charge in [-0.3, -0.25) is 5.41 Å². The number of benzene rings is 1. The molecule has 0 aromatic heterocycles. The normalized spacial score (nSPS) is 12.8. The molecule has 1 aromatic carbocycles. The second-order valence-corrected chi connectivity index (χ2v) is 5.98. The molecular weight excluding hydrogens is 240 g/mol. The Morgan fingerprint density at radius 2 is 2.00 bits per heavy atom. The van der Waals surface area contributed by atoms with Crippen molar-refractivity contribution < 1.29 is 0 Å². The first-order valence-corrected chi connectivity index (χ1v) is 6.48. The van der Waals surface area contributed by atoms with Gasteiger partial charge in [0.25, 0.3) is 0 Å². The van der Waals surface area contributed by atoms with Gasteiger partial charge >= 0.3 is 0 Å². The molecule has 0 heterocycles. The molecule has 0 aliphatic carbocycles. The molecule has 1 aromatic rings. The third kappa shape index (κ3) is 3.42. The maximum atomic E-state index is 7.34. The molecule has 1 rings (SSSR count). The number of nitrogen functional groups attached to an aromatic ring is 1. The van der Waals surface area contributed by atoms with Crippen LogP contribution in [-0.2, 0) is 0 Å². The van der Waals surface area contributed by atoms with Gasteiger partial charge in [0, 0.05) is 15.7 Å². The van der Waals surface area contributed by atoms with E-state index in [0.29, 0.717) is 21.8 Å². The van der Waals surface area contributed by atoms with Gasteiger partial charge in [-0.15, -0.1) is 11.8 Å². The van der Waals surface area contributed by atoms with Gasteiger partial charge in [0.15, 0.2) is 0 Å². The van der Waals surface area contributed by atoms with E-state index in [0.717, 1.165) is 4.90 Å². The van der Waals surface area contributed by atoms with Crippen molar-refractivity contribution in [3.8, 4) is 0 Å². The van der Waals surface area contributed by atoms with E-state index in [-0.39, 0.29) is 5.84 Å². The van der Waals surface area contributed by atoms with Gasteiger partial charge in [0.05, 0.1) is 5.02 Å². The lowest BCUT2D eigenvalue weighted by molar-refractivity contribution is 0.642. The molecule has 0 saturated heterocycles. The van der Waals surface area contributed by atoms with Crippen LogP contribution in [0.5, 0.6) is 0 Å². The molecule has 0 aliphatic rings. The van der Waals surface area contributed by atoms with E-state index < -0.39 is 0 Å². The fourth-order valence-electron chi connectivity index (χ4n) is 1.14. The molecule has 0 radical (unpaired) electrons. The van der Waals surface area contributed by atoms with Crippen LogP contribution in [0.25, 0.3) is 0 Å². The molecule has 16 heavy (non-hydrogen) atoms. The van der Waals surface area contributed by atoms with E-state index in [1.165, 1.54) is 0 Å². The molecule has 0 bridgehead atoms. The smallest absolute Gasteiger partial charge is 0.124 e. The summed E-state index contributed by atoms with van der Waals surface area (Å²) < 4.78 is 0. The second-order valence-electron chi connectivity index (χ2n) is 4.12. The molecule has 1 atom stereocenters. The summed E-state index contributed by atoms with van der Waals surface area (Å²) in [5, 5.41) is 8.43. The van der Waals surface area contributed by atoms with Crippen molar-refractivity contribution >= 4 is 29.2 Å². The van der Waals surface area contributed by atoms with Crippen LogP contribution in [0.15, 0.2) is 23.1 Å². The van der Waals surface area contributed by atoms with Gasteiger partial charge in [0.2, 0.25) is 0 Å². The van der Waals surface area contributed by atoms with Gasteiger partial charge in [-0.05, 0) is 24.1 Å². The standard InChI is InChI=1S/C12H17ClN2S/c1-7(2)8(3)16-9-4-5-10(12(14)15)11(13)6-9/h4-8H,1-3H3,(H3,14,15). The number of nitrogens with two attached hydrogens (primary N) is 1. The van der Waals surface area contributed by atoms with E-state index in [4.69, 9.17) is 22.7 Å². The fourth-order valence-corrected chi connectivity index (χ4v) is 2.52. The van der Waals surface area contributed by atoms with Crippen LogP contribution in [0.1, 0.15) is 26.3 Å². The topological polar surface area (TPSA) is 49.9 Å². The average molecular weight is 257 g/mol. The first kappa shape index (κ1) is 13.4. The Balaban J connectivity index is 2.85. The highest BCUT2D eigenvalue weighted by atomic mass is 35.5. The van der Waals surface area contributed by atoms with Crippen molar-refractivity contribution in [3.05, 3.63) is 28.8 Å². The van der Waals surface area contributed by atoms with Crippen LogP contribution >= 0.6 is 23.4 Å². The zero-order chi connectivity index (χ0) is 12.3. The number of amidine groups is 1. The Hall–Kier alpha value is -0.670. The highest BCUT2D eigenvalue weighted by Crippen LogP contribution is 2.30. The first-order chi connectivity index (χ1) is 7.41. The predicted octanol–water partition coefficient (Wildman–Crippen LogP) is 3.76. The quantitative estimate of drug-likeness (QED) is 0.490. The van der Waals surface area contributed by atoms with Gasteiger partial charge < -0.3 is 5.73 Å². The molecule has 0 aliphatic heterocycles. The van der Waals surface area contributed by atoms with Crippen LogP contribution in [0, 0.1) is 11.3 Å². The monoisotopic (exact) mass is 256 g/mol. The van der Waals surface area contributed by atoms with Crippen molar-refractivity contribution in [2.45, 2.75) is 30.9 Å². The summed E-state index contributed by atoms with van der Waals surface area (Å²) >= 11 is 7.84. The molecule has 0 spiro atoms. The van der Waals surface area contributed by atoms with Gasteiger partial charge in [-0.25, -0.2) is 0 Å². The molecule has 2 nitrogen and oxygen atoms in total. The second kappa shape index (κ2) is 5.60. The Morgan fingerprint density at radius 3 is 2.44 bits per heavy atom. The Bertz CT molecular complexity index is 391. The van der Waals surface area contributed by atoms with Gasteiger partial charge in [-0.2, -0.15) is 0 Å². The van der Waals surface area contributed by atoms with Crippen molar-refractivity contribution in [2.75, 3.05) is 0 Å². The molecule has 0 amide bonds. The summed E-state index contributed by atoms with van der Waals surface area (Å²) in [6.07, 6.45) is 0. The lowest BCUT2D eigenvalue weighted by atomic mass is 10.2. The number of hydrogen-bond acceptors (Lipinski definition) is 2. The van der Waals surface area contributed by atoms with Crippen LogP contribution in [0.4, 0.5) is 0 Å². The van der Waals surface area contributed by atoms with E-state index in [9.17, 15) is 0 Å². The summed E-state index contributed by atoms with van der Waals surface area (Å²) in [6.45, 7) is 6.59. The predicted molar refractivity (Wildman–Crippen MR) is 72.6 cm³/mol. The maximum Gasteiger partial charge on any atom is 0.124 e. The molecular formula is C12H17ClN2S. The minimum Gasteiger partial charge on any atom is -0.384 e. The minimum atomic E-state index is 0.0125. The van der Waals surface area contributed by atoms with E-state index in [1.807, 2.05) is 12.1 Å². The largest absolute Gasteiger partial charge is 0.384 e. The Labute approximate surface area is 106 Å². The number of hydrogen-bond donors (Lipinski definition) is 2. The highest BCUT2D eigenvalue weighted by Gasteiger charge is 2.10. The summed E-state index contributed by atoms with van der Waals surface area (Å²) in [6, 6.07) is 5.65. The van der Waals surface area contributed by atoms with Crippen molar-refractivity contribution in [1.29, 1.82) is 5.41 Å². The SMILES string of the molecule is CC(C)C(C)Sc1ccc(C(=N)N)c(Cl)c1. The van der Waals surface area contributed by atoms with E-state index in [1.54, 1.807) is 17.8 Å². The summed E-state index contributed by atoms with van der Waals surface area (Å²) in [7, 11) is 0. The van der Waals surface area contributed by atoms with Gasteiger partial charge in [0.1, 0.15) is 5.84 Å². The van der Waals surface area contributed by atoms with Crippen molar-refractivity contribution in [2.24, 2.45) is 11.7 Å². The number of halogens is 1. The molecule has 3 N–H and O–H groups in total. The number of thioether (sulfide) groups is 1. The lowest BCUT2D eigenvalue weighted by Gasteiger charge is -2.15. The van der Waals surface area contributed by atoms with Crippen molar-refractivity contribution in [3.63, 3.8) is 0 Å². The Kier molecular flexibility index (Phi) is 4.69. The van der Waals surface area contributed by atoms with Crippen LogP contribution in [0.3, 0.4) is 0 Å². The number of nitrogens with one attached hydrogen (secondary N) is 1. The summed E-state index contributed by atoms with van der Waals surface area (Å²) in [4.78, 5) is 1.12. The zero-order valence-corrected chi connectivity index (χ0v) is 11.3. The third-order valence-electron chi connectivity index (χ3n) is 2.49. The maximum absolute atomic E-state index is 7.34. The van der Waals surface area contributed by atoms with Gasteiger partial charge in [-0.1, -0.05) is 32.4 Å². The molecule has 4 heteroatoms. The molecule has 0 saturated carbocycles. The van der Waals surface area contributed by atoms with Crippen LogP contribution < -0.4 is 5.73 Å².